The van der Waals surface area contributed by atoms with Crippen molar-refractivity contribution in [3.05, 3.63) is 36.5 Å². The zero-order chi connectivity index (χ0) is 19.5. The molecule has 0 radical (unpaired) electrons. The van der Waals surface area contributed by atoms with Crippen molar-refractivity contribution in [1.29, 1.82) is 0 Å². The highest BCUT2D eigenvalue weighted by molar-refractivity contribution is 8.00. The third-order valence-electron chi connectivity index (χ3n) is 5.42. The molecule has 5 nitrogen and oxygen atoms in total. The smallest absolute Gasteiger partial charge is 0.147 e. The van der Waals surface area contributed by atoms with Crippen molar-refractivity contribution in [3.8, 4) is 11.1 Å². The van der Waals surface area contributed by atoms with Gasteiger partial charge in [0.15, 0.2) is 0 Å². The van der Waals surface area contributed by atoms with Gasteiger partial charge in [0.25, 0.3) is 0 Å². The molecular formula is C21H26FN5S. The van der Waals surface area contributed by atoms with Gasteiger partial charge in [-0.2, -0.15) is 0 Å². The molecule has 1 aliphatic carbocycles. The van der Waals surface area contributed by atoms with Gasteiger partial charge in [0.2, 0.25) is 0 Å². The third-order valence-corrected chi connectivity index (χ3v) is 6.28. The van der Waals surface area contributed by atoms with E-state index in [1.165, 1.54) is 31.1 Å². The van der Waals surface area contributed by atoms with Crippen LogP contribution in [-0.2, 0) is 0 Å². The maximum Gasteiger partial charge on any atom is 0.147 e. The van der Waals surface area contributed by atoms with Crippen LogP contribution >= 0.6 is 11.9 Å². The van der Waals surface area contributed by atoms with Gasteiger partial charge in [0, 0.05) is 23.6 Å². The van der Waals surface area contributed by atoms with Crippen molar-refractivity contribution in [3.63, 3.8) is 0 Å². The highest BCUT2D eigenvalue weighted by Gasteiger charge is 2.23. The van der Waals surface area contributed by atoms with Crippen molar-refractivity contribution in [2.24, 2.45) is 0 Å². The monoisotopic (exact) mass is 399 g/mol. The summed E-state index contributed by atoms with van der Waals surface area (Å²) in [6.45, 7) is 2.15. The second-order valence-electron chi connectivity index (χ2n) is 7.34. The van der Waals surface area contributed by atoms with Gasteiger partial charge in [-0.25, -0.2) is 14.4 Å². The lowest BCUT2D eigenvalue weighted by Gasteiger charge is -2.12. The lowest BCUT2D eigenvalue weighted by atomic mass is 10.1. The van der Waals surface area contributed by atoms with Crippen LogP contribution in [-0.4, -0.2) is 20.3 Å². The Morgan fingerprint density at radius 1 is 1.29 bits per heavy atom. The predicted octanol–water partition coefficient (Wildman–Crippen LogP) is 5.79. The molecule has 0 saturated heterocycles. The van der Waals surface area contributed by atoms with Crippen LogP contribution in [0.1, 0.15) is 51.5 Å². The zero-order valence-corrected chi connectivity index (χ0v) is 16.9. The van der Waals surface area contributed by atoms with Gasteiger partial charge in [-0.3, -0.25) is 0 Å². The van der Waals surface area contributed by atoms with Gasteiger partial charge in [-0.1, -0.05) is 44.2 Å². The number of fused-ring (bicyclic) bond motifs is 1. The molecule has 1 aromatic carbocycles. The number of nitrogens with zero attached hydrogens (tertiary/aromatic N) is 3. The lowest BCUT2D eigenvalue weighted by Crippen LogP contribution is -2.04. The van der Waals surface area contributed by atoms with Gasteiger partial charge in [-0.15, -0.1) is 0 Å². The van der Waals surface area contributed by atoms with Gasteiger partial charge >= 0.3 is 0 Å². The van der Waals surface area contributed by atoms with E-state index in [1.807, 2.05) is 6.07 Å². The fourth-order valence-corrected chi connectivity index (χ4v) is 4.75. The first-order valence-corrected chi connectivity index (χ1v) is 11.0. The van der Waals surface area contributed by atoms with E-state index >= 15 is 0 Å². The van der Waals surface area contributed by atoms with Gasteiger partial charge in [0.1, 0.15) is 23.6 Å². The molecular weight excluding hydrogens is 373 g/mol. The molecule has 0 unspecified atom stereocenters. The zero-order valence-electron chi connectivity index (χ0n) is 16.1. The summed E-state index contributed by atoms with van der Waals surface area (Å²) >= 11 is 1.54. The van der Waals surface area contributed by atoms with Crippen molar-refractivity contribution >= 4 is 34.5 Å². The van der Waals surface area contributed by atoms with Crippen molar-refractivity contribution in [2.45, 2.75) is 51.5 Å². The summed E-state index contributed by atoms with van der Waals surface area (Å²) in [5, 5.41) is 0.812. The number of unbranched alkanes of at least 4 members (excludes halogenated alkanes) is 1. The number of benzene rings is 1. The molecule has 4 rings (SSSR count). The quantitative estimate of drug-likeness (QED) is 0.388. The average Bonchev–Trinajstić information content (AvgIpc) is 3.34. The molecule has 0 atom stereocenters. The number of nitrogen functional groups attached to an aromatic ring is 1. The second-order valence-corrected chi connectivity index (χ2v) is 8.25. The molecule has 7 heteroatoms. The van der Waals surface area contributed by atoms with E-state index in [0.717, 1.165) is 53.6 Å². The third kappa shape index (κ3) is 3.68. The summed E-state index contributed by atoms with van der Waals surface area (Å²) in [6, 6.07) is 5.73. The maximum absolute atomic E-state index is 14.7. The molecule has 28 heavy (non-hydrogen) atoms. The van der Waals surface area contributed by atoms with Crippen LogP contribution in [0.5, 0.6) is 0 Å². The summed E-state index contributed by atoms with van der Waals surface area (Å²) in [4.78, 5) is 8.67. The van der Waals surface area contributed by atoms with Crippen LogP contribution in [0.4, 0.5) is 15.9 Å². The Morgan fingerprint density at radius 3 is 2.86 bits per heavy atom. The van der Waals surface area contributed by atoms with E-state index in [2.05, 4.69) is 32.4 Å². The van der Waals surface area contributed by atoms with Crippen LogP contribution in [0, 0.1) is 5.82 Å². The summed E-state index contributed by atoms with van der Waals surface area (Å²) in [6.07, 6.45) is 10.5. The number of nitrogens with one attached hydrogen (secondary N) is 1. The summed E-state index contributed by atoms with van der Waals surface area (Å²) in [5.41, 5.74) is 9.23. The highest BCUT2D eigenvalue weighted by Crippen LogP contribution is 2.39. The van der Waals surface area contributed by atoms with E-state index in [9.17, 15) is 4.39 Å². The number of aromatic nitrogens is 3. The first-order valence-electron chi connectivity index (χ1n) is 9.97. The molecule has 1 aliphatic rings. The first-order chi connectivity index (χ1) is 13.7. The number of halogens is 1. The Balaban J connectivity index is 1.70. The van der Waals surface area contributed by atoms with Crippen LogP contribution in [0.2, 0.25) is 0 Å². The van der Waals surface area contributed by atoms with Crippen LogP contribution in [0.25, 0.3) is 22.2 Å². The topological polar surface area (TPSA) is 68.8 Å². The summed E-state index contributed by atoms with van der Waals surface area (Å²) in [5.74, 6) is 1.13. The molecule has 0 amide bonds. The predicted molar refractivity (Wildman–Crippen MR) is 116 cm³/mol. The van der Waals surface area contributed by atoms with Gasteiger partial charge < -0.3 is 15.0 Å². The Kier molecular flexibility index (Phi) is 5.71. The van der Waals surface area contributed by atoms with Gasteiger partial charge in [-0.05, 0) is 37.0 Å². The van der Waals surface area contributed by atoms with E-state index in [-0.39, 0.29) is 5.82 Å². The van der Waals surface area contributed by atoms with Crippen molar-refractivity contribution in [2.75, 3.05) is 16.2 Å². The number of hydrogen-bond donors (Lipinski definition) is 2. The minimum Gasteiger partial charge on any atom is -0.383 e. The van der Waals surface area contributed by atoms with E-state index in [1.54, 1.807) is 12.1 Å². The Bertz CT molecular complexity index is 965. The minimum absolute atomic E-state index is 0.265. The maximum atomic E-state index is 14.7. The fourth-order valence-electron chi connectivity index (χ4n) is 3.90. The number of hydrogen-bond acceptors (Lipinski definition) is 5. The molecule has 0 aliphatic heterocycles. The summed E-state index contributed by atoms with van der Waals surface area (Å²) in [7, 11) is 0. The molecule has 3 N–H and O–H groups in total. The molecule has 148 valence electrons. The molecule has 2 heterocycles. The van der Waals surface area contributed by atoms with E-state index < -0.39 is 0 Å². The average molecular weight is 400 g/mol. The molecule has 1 saturated carbocycles. The van der Waals surface area contributed by atoms with Crippen molar-refractivity contribution in [1.82, 2.24) is 14.5 Å². The molecule has 3 aromatic rings. The normalized spacial score (nSPS) is 14.8. The molecule has 2 aromatic heterocycles. The first kappa shape index (κ1) is 19.1. The van der Waals surface area contributed by atoms with Crippen molar-refractivity contribution < 1.29 is 4.39 Å². The molecule has 1 fully saturated rings. The number of rotatable bonds is 7. The largest absolute Gasteiger partial charge is 0.383 e. The fraction of sp³-hybridized carbons (Fsp3) is 0.429. The van der Waals surface area contributed by atoms with Gasteiger partial charge in [0.05, 0.1) is 11.1 Å². The minimum atomic E-state index is -0.265. The number of nitrogens with two attached hydrogens (primary N) is 1. The van der Waals surface area contributed by atoms with E-state index in [4.69, 9.17) is 5.73 Å². The van der Waals surface area contributed by atoms with Crippen LogP contribution < -0.4 is 10.5 Å². The Hall–Kier alpha value is -2.28. The molecule has 0 spiro atoms. The summed E-state index contributed by atoms with van der Waals surface area (Å²) < 4.78 is 20.0. The van der Waals surface area contributed by atoms with E-state index in [0.29, 0.717) is 17.5 Å². The number of anilines is 2. The molecule has 0 bridgehead atoms. The SMILES string of the molecule is CCCCSNc1ccc(-c2cn(C3CCCC3)c3ncnc(N)c23)cc1F. The second kappa shape index (κ2) is 8.39. The Labute approximate surface area is 169 Å². The standard InChI is InChI=1S/C21H26FN5S/c1-2-3-10-28-26-18-9-8-14(11-17(18)22)16-12-27(15-6-4-5-7-15)21-19(16)20(23)24-13-25-21/h8-9,11-13,15,26H,2-7,10H2,1H3,(H2,23,24,25). The lowest BCUT2D eigenvalue weighted by molar-refractivity contribution is 0.532. The van der Waals surface area contributed by atoms with Crippen LogP contribution in [0.15, 0.2) is 30.7 Å². The Morgan fingerprint density at radius 2 is 2.11 bits per heavy atom. The highest BCUT2D eigenvalue weighted by atomic mass is 32.2. The van der Waals surface area contributed by atoms with Crippen LogP contribution in [0.3, 0.4) is 0 Å².